The predicted octanol–water partition coefficient (Wildman–Crippen LogP) is 1.90. The molecule has 0 bridgehead atoms. The molecule has 0 aliphatic heterocycles. The van der Waals surface area contributed by atoms with Crippen LogP contribution in [0.4, 0.5) is 8.78 Å². The van der Waals surface area contributed by atoms with Crippen molar-refractivity contribution in [1.82, 2.24) is 0 Å². The van der Waals surface area contributed by atoms with Crippen molar-refractivity contribution in [2.45, 2.75) is 6.42 Å². The number of halogens is 2. The molecule has 0 fully saturated rings. The molecule has 64 valence electrons. The van der Waals surface area contributed by atoms with Crippen LogP contribution >= 0.6 is 0 Å². The first kappa shape index (κ1) is 9.15. The van der Waals surface area contributed by atoms with Crippen LogP contribution in [0.15, 0.2) is 12.1 Å². The van der Waals surface area contributed by atoms with Crippen molar-refractivity contribution in [1.29, 1.82) is 10.5 Å². The van der Waals surface area contributed by atoms with Crippen LogP contribution in [-0.4, -0.2) is 0 Å². The molecular weight excluding hydrogens is 174 g/mol. The summed E-state index contributed by atoms with van der Waals surface area (Å²) in [6, 6.07) is 5.39. The molecule has 0 aromatic heterocycles. The first-order chi connectivity index (χ1) is 6.20. The van der Waals surface area contributed by atoms with Crippen LogP contribution in [0.5, 0.6) is 0 Å². The lowest BCUT2D eigenvalue weighted by atomic mass is 10.1. The van der Waals surface area contributed by atoms with Crippen molar-refractivity contribution >= 4 is 0 Å². The van der Waals surface area contributed by atoms with E-state index in [1.54, 1.807) is 12.1 Å². The molecule has 0 atom stereocenters. The lowest BCUT2D eigenvalue weighted by Crippen LogP contribution is -1.97. The van der Waals surface area contributed by atoms with E-state index in [1.807, 2.05) is 0 Å². The number of nitrogens with zero attached hydrogens (tertiary/aromatic N) is 2. The molecule has 0 spiro atoms. The fourth-order valence-corrected chi connectivity index (χ4v) is 0.949. The van der Waals surface area contributed by atoms with Crippen molar-refractivity contribution < 1.29 is 8.78 Å². The number of benzene rings is 1. The Balaban J connectivity index is 3.36. The zero-order valence-electron chi connectivity index (χ0n) is 6.51. The quantitative estimate of drug-likeness (QED) is 0.659. The Labute approximate surface area is 73.6 Å². The number of hydrogen-bond donors (Lipinski definition) is 0. The van der Waals surface area contributed by atoms with Crippen LogP contribution in [0.1, 0.15) is 11.1 Å². The number of rotatable bonds is 1. The monoisotopic (exact) mass is 178 g/mol. The van der Waals surface area contributed by atoms with E-state index in [-0.39, 0.29) is 17.5 Å². The maximum absolute atomic E-state index is 13.0. The summed E-state index contributed by atoms with van der Waals surface area (Å²) in [7, 11) is 0. The average Bonchev–Trinajstić information content (AvgIpc) is 2.14. The molecule has 1 rings (SSSR count). The van der Waals surface area contributed by atoms with E-state index in [0.717, 1.165) is 12.1 Å². The molecule has 1 aromatic carbocycles. The molecule has 0 unspecified atom stereocenters. The van der Waals surface area contributed by atoms with E-state index < -0.39 is 11.6 Å². The van der Waals surface area contributed by atoms with Crippen LogP contribution < -0.4 is 0 Å². The van der Waals surface area contributed by atoms with Crippen molar-refractivity contribution in [3.63, 3.8) is 0 Å². The molecule has 0 saturated heterocycles. The minimum Gasteiger partial charge on any atom is -0.204 e. The van der Waals surface area contributed by atoms with E-state index in [9.17, 15) is 8.78 Å². The van der Waals surface area contributed by atoms with E-state index >= 15 is 0 Å². The topological polar surface area (TPSA) is 47.6 Å². The fraction of sp³-hybridized carbons (Fsp3) is 0.111. The molecule has 0 heterocycles. The van der Waals surface area contributed by atoms with Crippen molar-refractivity contribution in [2.75, 3.05) is 0 Å². The third-order valence-corrected chi connectivity index (χ3v) is 1.57. The maximum atomic E-state index is 13.0. The zero-order chi connectivity index (χ0) is 9.84. The van der Waals surface area contributed by atoms with Gasteiger partial charge >= 0.3 is 0 Å². The van der Waals surface area contributed by atoms with E-state index in [1.165, 1.54) is 0 Å². The molecule has 0 aliphatic rings. The molecule has 2 nitrogen and oxygen atoms in total. The van der Waals surface area contributed by atoms with Crippen LogP contribution in [0.2, 0.25) is 0 Å². The van der Waals surface area contributed by atoms with Gasteiger partial charge in [-0.1, -0.05) is 0 Å². The summed E-state index contributed by atoms with van der Waals surface area (Å²) in [5, 5.41) is 16.8. The van der Waals surface area contributed by atoms with Gasteiger partial charge in [0.15, 0.2) is 11.6 Å². The van der Waals surface area contributed by atoms with Gasteiger partial charge in [0.25, 0.3) is 0 Å². The van der Waals surface area contributed by atoms with Gasteiger partial charge in [0.2, 0.25) is 0 Å². The average molecular weight is 178 g/mol. The van der Waals surface area contributed by atoms with E-state index in [4.69, 9.17) is 10.5 Å². The molecule has 0 amide bonds. The first-order valence-corrected chi connectivity index (χ1v) is 3.44. The minimum absolute atomic E-state index is 0.000417. The summed E-state index contributed by atoms with van der Waals surface area (Å²) >= 11 is 0. The summed E-state index contributed by atoms with van der Waals surface area (Å²) < 4.78 is 25.6. The second-order valence-corrected chi connectivity index (χ2v) is 2.33. The predicted molar refractivity (Wildman–Crippen MR) is 40.4 cm³/mol. The number of hydrogen-bond acceptors (Lipinski definition) is 2. The Morgan fingerprint density at radius 1 is 1.23 bits per heavy atom. The Hall–Kier alpha value is -1.94. The first-order valence-electron chi connectivity index (χ1n) is 3.44. The molecule has 0 aliphatic carbocycles. The van der Waals surface area contributed by atoms with Gasteiger partial charge in [0.1, 0.15) is 0 Å². The molecule has 4 heteroatoms. The van der Waals surface area contributed by atoms with Gasteiger partial charge in [0.05, 0.1) is 24.1 Å². The molecule has 0 N–H and O–H groups in total. The van der Waals surface area contributed by atoms with Gasteiger partial charge in [-0.2, -0.15) is 10.5 Å². The van der Waals surface area contributed by atoms with Gasteiger partial charge in [-0.3, -0.25) is 0 Å². The molecule has 0 radical (unpaired) electrons. The van der Waals surface area contributed by atoms with Crippen LogP contribution in [0.3, 0.4) is 0 Å². The molecule has 13 heavy (non-hydrogen) atoms. The summed E-state index contributed by atoms with van der Waals surface area (Å²) in [6.07, 6.45) is -0.299. The highest BCUT2D eigenvalue weighted by Crippen LogP contribution is 2.16. The maximum Gasteiger partial charge on any atom is 0.164 e. The highest BCUT2D eigenvalue weighted by molar-refractivity contribution is 5.40. The standard InChI is InChI=1S/C9H4F2N2/c10-8-2-1-6(5-13)7(3-4-12)9(8)11/h1-2H,3H2. The van der Waals surface area contributed by atoms with E-state index in [2.05, 4.69) is 0 Å². The summed E-state index contributed by atoms with van der Waals surface area (Å²) in [6.45, 7) is 0. The fourth-order valence-electron chi connectivity index (χ4n) is 0.949. The normalized spacial score (nSPS) is 8.92. The smallest absolute Gasteiger partial charge is 0.164 e. The highest BCUT2D eigenvalue weighted by Gasteiger charge is 2.12. The van der Waals surface area contributed by atoms with Crippen molar-refractivity contribution in [2.24, 2.45) is 0 Å². The van der Waals surface area contributed by atoms with Gasteiger partial charge in [0, 0.05) is 5.56 Å². The largest absolute Gasteiger partial charge is 0.204 e. The Morgan fingerprint density at radius 3 is 2.46 bits per heavy atom. The van der Waals surface area contributed by atoms with Gasteiger partial charge < -0.3 is 0 Å². The third-order valence-electron chi connectivity index (χ3n) is 1.57. The Kier molecular flexibility index (Phi) is 2.56. The summed E-state index contributed by atoms with van der Waals surface area (Å²) in [5.41, 5.74) is -0.176. The Bertz CT molecular complexity index is 413. The SMILES string of the molecule is N#CCc1c(C#N)ccc(F)c1F. The second-order valence-electron chi connectivity index (χ2n) is 2.33. The summed E-state index contributed by atoms with van der Waals surface area (Å²) in [5.74, 6) is -2.15. The molecule has 0 saturated carbocycles. The van der Waals surface area contributed by atoms with Gasteiger partial charge in [-0.15, -0.1) is 0 Å². The van der Waals surface area contributed by atoms with Gasteiger partial charge in [-0.25, -0.2) is 8.78 Å². The molecule has 1 aromatic rings. The molecular formula is C9H4F2N2. The second kappa shape index (κ2) is 3.64. The zero-order valence-corrected chi connectivity index (χ0v) is 6.51. The van der Waals surface area contributed by atoms with Crippen LogP contribution in [0.25, 0.3) is 0 Å². The van der Waals surface area contributed by atoms with Crippen molar-refractivity contribution in [3.05, 3.63) is 34.9 Å². The lowest BCUT2D eigenvalue weighted by molar-refractivity contribution is 0.501. The minimum atomic E-state index is -1.11. The lowest BCUT2D eigenvalue weighted by Gasteiger charge is -2.00. The van der Waals surface area contributed by atoms with Crippen molar-refractivity contribution in [3.8, 4) is 12.1 Å². The third kappa shape index (κ3) is 1.62. The number of nitriles is 2. The Morgan fingerprint density at radius 2 is 1.92 bits per heavy atom. The van der Waals surface area contributed by atoms with Crippen LogP contribution in [0, 0.1) is 34.3 Å². The van der Waals surface area contributed by atoms with Crippen LogP contribution in [-0.2, 0) is 6.42 Å². The van der Waals surface area contributed by atoms with Gasteiger partial charge in [-0.05, 0) is 12.1 Å². The highest BCUT2D eigenvalue weighted by atomic mass is 19.2. The summed E-state index contributed by atoms with van der Waals surface area (Å²) in [4.78, 5) is 0. The van der Waals surface area contributed by atoms with E-state index in [0.29, 0.717) is 0 Å².